The third kappa shape index (κ3) is 1.32. The van der Waals surface area contributed by atoms with Crippen LogP contribution >= 0.6 is 0 Å². The van der Waals surface area contributed by atoms with E-state index >= 15 is 0 Å². The number of hydrogen-bond donors (Lipinski definition) is 1. The third-order valence-electron chi connectivity index (χ3n) is 1.51. The van der Waals surface area contributed by atoms with Gasteiger partial charge in [0, 0.05) is 0 Å². The lowest BCUT2D eigenvalue weighted by Gasteiger charge is -2.01. The van der Waals surface area contributed by atoms with Crippen LogP contribution < -0.4 is 5.46 Å². The zero-order chi connectivity index (χ0) is 7.56. The number of aryl methyl sites for hydroxylation is 1. The van der Waals surface area contributed by atoms with Crippen molar-refractivity contribution in [1.82, 2.24) is 0 Å². The first-order chi connectivity index (χ1) is 4.74. The molecule has 2 heteroatoms. The van der Waals surface area contributed by atoms with E-state index < -0.39 is 0 Å². The molecule has 1 rings (SSSR count). The van der Waals surface area contributed by atoms with Gasteiger partial charge in [-0.15, -0.1) is 0 Å². The van der Waals surface area contributed by atoms with Gasteiger partial charge in [0.1, 0.15) is 13.6 Å². The molecule has 0 aliphatic heterocycles. The molecular weight excluding hydrogens is 123 g/mol. The molecule has 10 heavy (non-hydrogen) atoms. The van der Waals surface area contributed by atoms with Gasteiger partial charge in [0.2, 0.25) is 0 Å². The van der Waals surface area contributed by atoms with Crippen LogP contribution in [0.25, 0.3) is 0 Å². The first kappa shape index (κ1) is 7.20. The fourth-order valence-electron chi connectivity index (χ4n) is 0.904. The fraction of sp³-hybridized carbons (Fsp3) is 0.250. The Bertz CT molecular complexity index is 233. The van der Waals surface area contributed by atoms with Crippen molar-refractivity contribution in [2.75, 3.05) is 0 Å². The lowest BCUT2D eigenvalue weighted by molar-refractivity contribution is 0.475. The molecule has 0 bridgehead atoms. The van der Waals surface area contributed by atoms with Crippen molar-refractivity contribution in [3.63, 3.8) is 0 Å². The lowest BCUT2D eigenvalue weighted by atomic mass is 9.89. The number of hydrogen-bond acceptors (Lipinski definition) is 1. The van der Waals surface area contributed by atoms with Crippen LogP contribution in [0.2, 0.25) is 0 Å². The zero-order valence-corrected chi connectivity index (χ0v) is 5.96. The predicted octanol–water partition coefficient (Wildman–Crippen LogP) is 0.748. The van der Waals surface area contributed by atoms with Crippen LogP contribution in [0, 0.1) is 0 Å². The molecule has 0 aromatic heterocycles. The van der Waals surface area contributed by atoms with Gasteiger partial charge in [-0.3, -0.25) is 0 Å². The Morgan fingerprint density at radius 1 is 1.50 bits per heavy atom. The summed E-state index contributed by atoms with van der Waals surface area (Å²) < 4.78 is 0. The Morgan fingerprint density at radius 2 is 2.20 bits per heavy atom. The van der Waals surface area contributed by atoms with Crippen molar-refractivity contribution < 1.29 is 5.11 Å². The Kier molecular flexibility index (Phi) is 2.00. The summed E-state index contributed by atoms with van der Waals surface area (Å²) in [5.41, 5.74) is 1.75. The van der Waals surface area contributed by atoms with Gasteiger partial charge in [-0.1, -0.05) is 24.0 Å². The van der Waals surface area contributed by atoms with E-state index in [4.69, 9.17) is 13.0 Å². The van der Waals surface area contributed by atoms with Gasteiger partial charge < -0.3 is 5.11 Å². The van der Waals surface area contributed by atoms with Gasteiger partial charge in [-0.05, 0) is 18.6 Å². The van der Waals surface area contributed by atoms with Crippen LogP contribution in [0.1, 0.15) is 12.5 Å². The topological polar surface area (TPSA) is 20.2 Å². The maximum absolute atomic E-state index is 8.95. The minimum absolute atomic E-state index is 0.231. The van der Waals surface area contributed by atoms with Crippen molar-refractivity contribution in [2.45, 2.75) is 13.3 Å². The lowest BCUT2D eigenvalue weighted by Crippen LogP contribution is -2.08. The number of benzene rings is 1. The minimum Gasteiger partial charge on any atom is -0.508 e. The monoisotopic (exact) mass is 132 g/mol. The van der Waals surface area contributed by atoms with Crippen LogP contribution in [0.15, 0.2) is 18.2 Å². The van der Waals surface area contributed by atoms with Gasteiger partial charge in [0.25, 0.3) is 0 Å². The molecule has 0 atom stereocenters. The van der Waals surface area contributed by atoms with Crippen molar-refractivity contribution in [1.29, 1.82) is 0 Å². The van der Waals surface area contributed by atoms with E-state index in [-0.39, 0.29) is 5.75 Å². The molecule has 1 N–H and O–H groups in total. The molecule has 1 aromatic carbocycles. The van der Waals surface area contributed by atoms with Gasteiger partial charge in [0.15, 0.2) is 0 Å². The molecule has 0 saturated heterocycles. The van der Waals surface area contributed by atoms with Crippen LogP contribution in [0.3, 0.4) is 0 Å². The Balaban J connectivity index is 3.07. The molecular formula is C8H9BO. The molecule has 2 radical (unpaired) electrons. The van der Waals surface area contributed by atoms with Crippen LogP contribution in [-0.2, 0) is 6.42 Å². The minimum atomic E-state index is 0.231. The molecule has 0 unspecified atom stereocenters. The SMILES string of the molecule is [B]c1cc(O)ccc1CC. The number of rotatable bonds is 1. The molecule has 0 aliphatic carbocycles. The normalized spacial score (nSPS) is 9.70. The second-order valence-corrected chi connectivity index (χ2v) is 2.24. The standard InChI is InChI=1S/C8H9BO/c1-2-6-3-4-7(10)5-8(6)9/h3-5,10H,2H2,1H3. The summed E-state index contributed by atoms with van der Waals surface area (Å²) in [6, 6.07) is 5.05. The highest BCUT2D eigenvalue weighted by Gasteiger charge is 1.94. The highest BCUT2D eigenvalue weighted by molar-refractivity contribution is 6.33. The third-order valence-corrected chi connectivity index (χ3v) is 1.51. The van der Waals surface area contributed by atoms with Crippen molar-refractivity contribution >= 4 is 13.3 Å². The molecule has 1 aromatic rings. The van der Waals surface area contributed by atoms with E-state index in [1.54, 1.807) is 12.1 Å². The first-order valence-electron chi connectivity index (χ1n) is 3.31. The number of aromatic hydroxyl groups is 1. The van der Waals surface area contributed by atoms with Crippen LogP contribution in [0.4, 0.5) is 0 Å². The zero-order valence-electron chi connectivity index (χ0n) is 5.96. The highest BCUT2D eigenvalue weighted by atomic mass is 16.3. The second-order valence-electron chi connectivity index (χ2n) is 2.24. The summed E-state index contributed by atoms with van der Waals surface area (Å²) in [7, 11) is 5.57. The summed E-state index contributed by atoms with van der Waals surface area (Å²) in [5, 5.41) is 8.95. The van der Waals surface area contributed by atoms with Gasteiger partial charge in [-0.25, -0.2) is 0 Å². The maximum atomic E-state index is 8.95. The predicted molar refractivity (Wildman–Crippen MR) is 42.9 cm³/mol. The molecule has 50 valence electrons. The largest absolute Gasteiger partial charge is 0.508 e. The Hall–Kier alpha value is -0.915. The van der Waals surface area contributed by atoms with Crippen LogP contribution in [-0.4, -0.2) is 13.0 Å². The van der Waals surface area contributed by atoms with E-state index in [1.807, 2.05) is 13.0 Å². The number of phenolic OH excluding ortho intramolecular Hbond substituents is 1. The Labute approximate surface area is 62.1 Å². The summed E-state index contributed by atoms with van der Waals surface area (Å²) in [6.45, 7) is 2.03. The van der Waals surface area contributed by atoms with E-state index in [0.29, 0.717) is 5.46 Å². The summed E-state index contributed by atoms with van der Waals surface area (Å²) in [5.74, 6) is 0.231. The first-order valence-corrected chi connectivity index (χ1v) is 3.31. The average Bonchev–Trinajstić information content (AvgIpc) is 1.88. The van der Waals surface area contributed by atoms with Crippen molar-refractivity contribution in [3.8, 4) is 5.75 Å². The van der Waals surface area contributed by atoms with Crippen LogP contribution in [0.5, 0.6) is 5.75 Å². The molecule has 0 saturated carbocycles. The summed E-state index contributed by atoms with van der Waals surface area (Å²) >= 11 is 0. The van der Waals surface area contributed by atoms with E-state index in [0.717, 1.165) is 12.0 Å². The Morgan fingerprint density at radius 3 is 2.70 bits per heavy atom. The molecule has 0 fully saturated rings. The average molecular weight is 132 g/mol. The molecule has 0 heterocycles. The van der Waals surface area contributed by atoms with E-state index in [9.17, 15) is 0 Å². The highest BCUT2D eigenvalue weighted by Crippen LogP contribution is 2.06. The van der Waals surface area contributed by atoms with Crippen molar-refractivity contribution in [2.24, 2.45) is 0 Å². The smallest absolute Gasteiger partial charge is 0.115 e. The van der Waals surface area contributed by atoms with E-state index in [2.05, 4.69) is 0 Å². The van der Waals surface area contributed by atoms with Gasteiger partial charge in [0.05, 0.1) is 0 Å². The summed E-state index contributed by atoms with van der Waals surface area (Å²) in [4.78, 5) is 0. The second kappa shape index (κ2) is 2.78. The molecule has 1 nitrogen and oxygen atoms in total. The molecule has 0 amide bonds. The fourth-order valence-corrected chi connectivity index (χ4v) is 0.904. The number of phenols is 1. The van der Waals surface area contributed by atoms with E-state index in [1.165, 1.54) is 0 Å². The summed E-state index contributed by atoms with van der Waals surface area (Å²) in [6.07, 6.45) is 0.909. The molecule has 0 spiro atoms. The quantitative estimate of drug-likeness (QED) is 0.559. The van der Waals surface area contributed by atoms with Crippen molar-refractivity contribution in [3.05, 3.63) is 23.8 Å². The van der Waals surface area contributed by atoms with Gasteiger partial charge in [-0.2, -0.15) is 0 Å². The maximum Gasteiger partial charge on any atom is 0.115 e. The van der Waals surface area contributed by atoms with Gasteiger partial charge >= 0.3 is 0 Å². The molecule has 0 aliphatic rings.